The van der Waals surface area contributed by atoms with Crippen molar-refractivity contribution in [2.75, 3.05) is 20.2 Å². The smallest absolute Gasteiger partial charge is 0.277 e. The highest BCUT2D eigenvalue weighted by Gasteiger charge is 2.30. The van der Waals surface area contributed by atoms with Crippen LogP contribution in [0.1, 0.15) is 31.7 Å². The van der Waals surface area contributed by atoms with Gasteiger partial charge >= 0.3 is 0 Å². The molecule has 0 aliphatic carbocycles. The van der Waals surface area contributed by atoms with Gasteiger partial charge in [-0.3, -0.25) is 0 Å². The van der Waals surface area contributed by atoms with Crippen molar-refractivity contribution >= 4 is 22.6 Å². The standard InChI is InChI=1S/C15H25N3O3S.ClH/c1-11(2)17-22(19,20)18-15-10-16-9-8-14(15)12-4-6-13(21-3)7-5-12;/h4-7,11,14-18H,8-10H2,1-3H3;1H. The van der Waals surface area contributed by atoms with Crippen molar-refractivity contribution < 1.29 is 13.2 Å². The Balaban J connectivity index is 0.00000264. The Morgan fingerprint density at radius 1 is 1.26 bits per heavy atom. The molecule has 0 amide bonds. The van der Waals surface area contributed by atoms with Crippen molar-refractivity contribution in [3.05, 3.63) is 29.8 Å². The van der Waals surface area contributed by atoms with E-state index in [1.54, 1.807) is 21.0 Å². The van der Waals surface area contributed by atoms with Crippen LogP contribution in [0, 0.1) is 0 Å². The van der Waals surface area contributed by atoms with E-state index in [2.05, 4.69) is 14.8 Å². The molecule has 23 heavy (non-hydrogen) atoms. The summed E-state index contributed by atoms with van der Waals surface area (Å²) in [7, 11) is -1.87. The van der Waals surface area contributed by atoms with Crippen LogP contribution in [0.4, 0.5) is 0 Å². The molecule has 1 aliphatic heterocycles. The molecule has 1 saturated heterocycles. The summed E-state index contributed by atoms with van der Waals surface area (Å²) in [5.41, 5.74) is 1.12. The first-order valence-corrected chi connectivity index (χ1v) is 9.04. The minimum absolute atomic E-state index is 0. The number of benzene rings is 1. The SMILES string of the molecule is COc1ccc(C2CCNCC2NS(=O)(=O)NC(C)C)cc1.Cl. The number of nitrogens with one attached hydrogen (secondary N) is 3. The first-order valence-electron chi connectivity index (χ1n) is 7.55. The summed E-state index contributed by atoms with van der Waals surface area (Å²) in [5, 5.41) is 3.25. The predicted octanol–water partition coefficient (Wildman–Crippen LogP) is 1.39. The third-order valence-electron chi connectivity index (χ3n) is 3.72. The summed E-state index contributed by atoms with van der Waals surface area (Å²) in [6.07, 6.45) is 0.890. The summed E-state index contributed by atoms with van der Waals surface area (Å²) in [6.45, 7) is 5.11. The quantitative estimate of drug-likeness (QED) is 0.713. The number of halogens is 1. The molecule has 132 valence electrons. The molecule has 2 atom stereocenters. The molecular formula is C15H26ClN3O3S. The number of methoxy groups -OCH3 is 1. The van der Waals surface area contributed by atoms with Crippen LogP contribution in [-0.4, -0.2) is 40.7 Å². The van der Waals surface area contributed by atoms with Crippen molar-refractivity contribution in [2.45, 2.75) is 38.3 Å². The van der Waals surface area contributed by atoms with E-state index in [-0.39, 0.29) is 30.4 Å². The number of ether oxygens (including phenoxy) is 1. The Labute approximate surface area is 145 Å². The Morgan fingerprint density at radius 3 is 2.48 bits per heavy atom. The van der Waals surface area contributed by atoms with Gasteiger partial charge in [0, 0.05) is 24.5 Å². The van der Waals surface area contributed by atoms with Gasteiger partial charge in [0.05, 0.1) is 7.11 Å². The number of hydrogen-bond acceptors (Lipinski definition) is 4. The van der Waals surface area contributed by atoms with Gasteiger partial charge in [-0.25, -0.2) is 0 Å². The van der Waals surface area contributed by atoms with Gasteiger partial charge in [0.25, 0.3) is 10.2 Å². The molecular weight excluding hydrogens is 338 g/mol. The average Bonchev–Trinajstić information content (AvgIpc) is 2.46. The zero-order valence-corrected chi connectivity index (χ0v) is 15.3. The van der Waals surface area contributed by atoms with Crippen molar-refractivity contribution in [1.29, 1.82) is 0 Å². The van der Waals surface area contributed by atoms with E-state index < -0.39 is 10.2 Å². The second kappa shape index (κ2) is 8.84. The van der Waals surface area contributed by atoms with Gasteiger partial charge in [0.1, 0.15) is 5.75 Å². The van der Waals surface area contributed by atoms with E-state index in [0.29, 0.717) is 6.54 Å². The van der Waals surface area contributed by atoms with E-state index in [0.717, 1.165) is 24.3 Å². The van der Waals surface area contributed by atoms with E-state index in [1.165, 1.54) is 0 Å². The largest absolute Gasteiger partial charge is 0.497 e. The van der Waals surface area contributed by atoms with Crippen molar-refractivity contribution in [3.63, 3.8) is 0 Å². The van der Waals surface area contributed by atoms with Crippen molar-refractivity contribution in [1.82, 2.24) is 14.8 Å². The van der Waals surface area contributed by atoms with Crippen LogP contribution in [0.3, 0.4) is 0 Å². The predicted molar refractivity (Wildman–Crippen MR) is 94.6 cm³/mol. The van der Waals surface area contributed by atoms with Gasteiger partial charge < -0.3 is 10.1 Å². The average molecular weight is 364 g/mol. The molecule has 3 N–H and O–H groups in total. The molecule has 0 radical (unpaired) electrons. The van der Waals surface area contributed by atoms with Gasteiger partial charge in [-0.05, 0) is 44.5 Å². The molecule has 8 heteroatoms. The van der Waals surface area contributed by atoms with Crippen LogP contribution in [-0.2, 0) is 10.2 Å². The fourth-order valence-electron chi connectivity index (χ4n) is 2.78. The third-order valence-corrected chi connectivity index (χ3v) is 5.12. The van der Waals surface area contributed by atoms with Gasteiger partial charge in [-0.1, -0.05) is 12.1 Å². The molecule has 1 aliphatic rings. The topological polar surface area (TPSA) is 79.5 Å². The molecule has 6 nitrogen and oxygen atoms in total. The van der Waals surface area contributed by atoms with Crippen LogP contribution in [0.2, 0.25) is 0 Å². The summed E-state index contributed by atoms with van der Waals surface area (Å²) in [5.74, 6) is 0.951. The maximum atomic E-state index is 12.1. The third kappa shape index (κ3) is 5.93. The van der Waals surface area contributed by atoms with E-state index in [4.69, 9.17) is 4.74 Å². The van der Waals surface area contributed by atoms with Crippen LogP contribution >= 0.6 is 12.4 Å². The highest BCUT2D eigenvalue weighted by molar-refractivity contribution is 7.87. The second-order valence-corrected chi connectivity index (χ2v) is 7.35. The molecule has 1 aromatic rings. The minimum atomic E-state index is -3.50. The number of hydrogen-bond donors (Lipinski definition) is 3. The Hall–Kier alpha value is -0.860. The minimum Gasteiger partial charge on any atom is -0.497 e. The molecule has 1 fully saturated rings. The number of rotatable bonds is 6. The van der Waals surface area contributed by atoms with Crippen LogP contribution in [0.15, 0.2) is 24.3 Å². The Bertz CT molecular complexity index is 578. The molecule has 0 spiro atoms. The summed E-state index contributed by atoms with van der Waals surface area (Å²) in [6, 6.07) is 7.54. The number of piperidine rings is 1. The molecule has 2 rings (SSSR count). The fourth-order valence-corrected chi connectivity index (χ4v) is 4.11. The summed E-state index contributed by atoms with van der Waals surface area (Å²) < 4.78 is 34.7. The van der Waals surface area contributed by atoms with Gasteiger partial charge in [-0.15, -0.1) is 12.4 Å². The molecule has 1 aromatic carbocycles. The normalized spacial score (nSPS) is 21.7. The monoisotopic (exact) mass is 363 g/mol. The van der Waals surface area contributed by atoms with Gasteiger partial charge in [0.2, 0.25) is 0 Å². The first kappa shape index (κ1) is 20.2. The summed E-state index contributed by atoms with van der Waals surface area (Å²) in [4.78, 5) is 0. The van der Waals surface area contributed by atoms with E-state index in [9.17, 15) is 8.42 Å². The summed E-state index contributed by atoms with van der Waals surface area (Å²) >= 11 is 0. The Kier molecular flexibility index (Phi) is 7.76. The zero-order chi connectivity index (χ0) is 16.2. The van der Waals surface area contributed by atoms with E-state index in [1.807, 2.05) is 24.3 Å². The maximum Gasteiger partial charge on any atom is 0.277 e. The van der Waals surface area contributed by atoms with Crippen molar-refractivity contribution in [3.8, 4) is 5.75 Å². The molecule has 1 heterocycles. The molecule has 0 aromatic heterocycles. The fraction of sp³-hybridized carbons (Fsp3) is 0.600. The molecule has 0 saturated carbocycles. The lowest BCUT2D eigenvalue weighted by Gasteiger charge is -2.33. The Morgan fingerprint density at radius 2 is 1.91 bits per heavy atom. The highest BCUT2D eigenvalue weighted by atomic mass is 35.5. The van der Waals surface area contributed by atoms with Crippen LogP contribution < -0.4 is 19.5 Å². The first-order chi connectivity index (χ1) is 10.4. The second-order valence-electron chi connectivity index (χ2n) is 5.87. The zero-order valence-electron chi connectivity index (χ0n) is 13.7. The lowest BCUT2D eigenvalue weighted by molar-refractivity contribution is 0.375. The van der Waals surface area contributed by atoms with Crippen LogP contribution in [0.5, 0.6) is 5.75 Å². The van der Waals surface area contributed by atoms with E-state index >= 15 is 0 Å². The maximum absolute atomic E-state index is 12.1. The lowest BCUT2D eigenvalue weighted by atomic mass is 9.86. The highest BCUT2D eigenvalue weighted by Crippen LogP contribution is 2.27. The van der Waals surface area contributed by atoms with Gasteiger partial charge in [-0.2, -0.15) is 17.9 Å². The van der Waals surface area contributed by atoms with Crippen LogP contribution in [0.25, 0.3) is 0 Å². The van der Waals surface area contributed by atoms with Crippen molar-refractivity contribution in [2.24, 2.45) is 0 Å². The molecule has 2 unspecified atom stereocenters. The lowest BCUT2D eigenvalue weighted by Crippen LogP contribution is -2.53. The molecule has 0 bridgehead atoms. The van der Waals surface area contributed by atoms with Gasteiger partial charge in [0.15, 0.2) is 0 Å².